The van der Waals surface area contributed by atoms with Crippen molar-refractivity contribution >= 4 is 27.6 Å². The molecule has 106 valence electrons. The first-order valence-corrected chi connectivity index (χ1v) is 7.57. The van der Waals surface area contributed by atoms with Crippen molar-refractivity contribution in [2.75, 3.05) is 6.54 Å². The van der Waals surface area contributed by atoms with E-state index in [0.29, 0.717) is 23.2 Å². The summed E-state index contributed by atoms with van der Waals surface area (Å²) in [6.07, 6.45) is 0.811. The van der Waals surface area contributed by atoms with Crippen molar-refractivity contribution in [2.45, 2.75) is 13.3 Å². The molecule has 21 heavy (non-hydrogen) atoms. The van der Waals surface area contributed by atoms with E-state index in [-0.39, 0.29) is 11.7 Å². The van der Waals surface area contributed by atoms with Gasteiger partial charge in [-0.1, -0.05) is 28.1 Å². The van der Waals surface area contributed by atoms with Gasteiger partial charge in [-0.25, -0.2) is 0 Å². The molecule has 0 aliphatic carbocycles. The summed E-state index contributed by atoms with van der Waals surface area (Å²) in [6, 6.07) is 11.0. The minimum absolute atomic E-state index is 0.0689. The van der Waals surface area contributed by atoms with E-state index < -0.39 is 0 Å². The molecular weight excluding hydrogens is 330 g/mol. The van der Waals surface area contributed by atoms with E-state index in [4.69, 9.17) is 0 Å². The van der Waals surface area contributed by atoms with Crippen LogP contribution < -0.4 is 5.32 Å². The van der Waals surface area contributed by atoms with Gasteiger partial charge in [0.25, 0.3) is 5.91 Å². The van der Waals surface area contributed by atoms with Gasteiger partial charge in [-0.05, 0) is 48.7 Å². The van der Waals surface area contributed by atoms with Crippen LogP contribution in [0.4, 0.5) is 0 Å². The summed E-state index contributed by atoms with van der Waals surface area (Å²) < 4.78 is 0.876. The van der Waals surface area contributed by atoms with Crippen LogP contribution in [0.15, 0.2) is 40.9 Å². The Labute approximate surface area is 131 Å². The summed E-state index contributed by atoms with van der Waals surface area (Å²) in [5, 5.41) is 2.80. The average Bonchev–Trinajstić information content (AvgIpc) is 2.45. The van der Waals surface area contributed by atoms with Crippen LogP contribution in [-0.2, 0) is 6.42 Å². The number of aryl methyl sites for hydroxylation is 1. The highest BCUT2D eigenvalue weighted by Crippen LogP contribution is 2.21. The molecule has 3 nitrogen and oxygen atoms in total. The molecule has 0 spiro atoms. The Hall–Kier alpha value is -1.94. The largest absolute Gasteiger partial charge is 0.352 e. The van der Waals surface area contributed by atoms with Gasteiger partial charge in [0, 0.05) is 27.7 Å². The summed E-state index contributed by atoms with van der Waals surface area (Å²) >= 11 is 3.41. The molecule has 0 aromatic heterocycles. The van der Waals surface area contributed by atoms with Crippen molar-refractivity contribution in [3.8, 4) is 0 Å². The van der Waals surface area contributed by atoms with Crippen LogP contribution in [0.3, 0.4) is 0 Å². The summed E-state index contributed by atoms with van der Waals surface area (Å²) in [7, 11) is 0. The number of rotatable bonds is 2. The zero-order valence-corrected chi connectivity index (χ0v) is 13.2. The lowest BCUT2D eigenvalue weighted by molar-refractivity contribution is 0.0946. The summed E-state index contributed by atoms with van der Waals surface area (Å²) in [5.74, 6) is -0.170. The molecule has 0 fully saturated rings. The van der Waals surface area contributed by atoms with E-state index in [1.54, 1.807) is 18.2 Å². The zero-order valence-electron chi connectivity index (χ0n) is 11.6. The van der Waals surface area contributed by atoms with Gasteiger partial charge in [0.2, 0.25) is 0 Å². The second-order valence-electron chi connectivity index (χ2n) is 5.22. The third-order valence-electron chi connectivity index (χ3n) is 3.60. The number of hydrogen-bond donors (Lipinski definition) is 1. The van der Waals surface area contributed by atoms with Crippen LogP contribution in [0.25, 0.3) is 0 Å². The molecule has 1 heterocycles. The summed E-state index contributed by atoms with van der Waals surface area (Å²) in [6.45, 7) is 2.60. The maximum absolute atomic E-state index is 12.6. The number of amides is 1. The Morgan fingerprint density at radius 1 is 1.14 bits per heavy atom. The topological polar surface area (TPSA) is 46.2 Å². The van der Waals surface area contributed by atoms with Crippen molar-refractivity contribution in [3.63, 3.8) is 0 Å². The first-order valence-electron chi connectivity index (χ1n) is 6.77. The smallest absolute Gasteiger partial charge is 0.251 e. The summed E-state index contributed by atoms with van der Waals surface area (Å²) in [5.41, 5.74) is 3.80. The minimum atomic E-state index is -0.101. The molecule has 1 amide bonds. The highest BCUT2D eigenvalue weighted by molar-refractivity contribution is 9.10. The quantitative estimate of drug-likeness (QED) is 0.850. The molecule has 3 rings (SSSR count). The van der Waals surface area contributed by atoms with Crippen LogP contribution in [-0.4, -0.2) is 18.2 Å². The number of benzene rings is 2. The molecule has 0 unspecified atom stereocenters. The maximum atomic E-state index is 12.6. The Morgan fingerprint density at radius 3 is 2.71 bits per heavy atom. The highest BCUT2D eigenvalue weighted by atomic mass is 79.9. The first kappa shape index (κ1) is 14.0. The summed E-state index contributed by atoms with van der Waals surface area (Å²) in [4.78, 5) is 24.5. The van der Waals surface area contributed by atoms with Crippen molar-refractivity contribution in [3.05, 3.63) is 68.7 Å². The van der Waals surface area contributed by atoms with Gasteiger partial charge in [-0.3, -0.25) is 9.59 Å². The standard InChI is InChI=1S/C17H14BrNO2/c1-10-6-13(8-14(18)7-10)16(20)12-3-2-11-4-5-19-17(21)15(11)9-12/h2-3,6-9H,4-5H2,1H3,(H,19,21). The highest BCUT2D eigenvalue weighted by Gasteiger charge is 2.19. The van der Waals surface area contributed by atoms with E-state index >= 15 is 0 Å². The number of hydrogen-bond acceptors (Lipinski definition) is 2. The van der Waals surface area contributed by atoms with Crippen molar-refractivity contribution in [2.24, 2.45) is 0 Å². The van der Waals surface area contributed by atoms with Gasteiger partial charge in [0.05, 0.1) is 0 Å². The third kappa shape index (κ3) is 2.76. The van der Waals surface area contributed by atoms with Crippen LogP contribution in [0.1, 0.15) is 37.4 Å². The van der Waals surface area contributed by atoms with Crippen LogP contribution >= 0.6 is 15.9 Å². The third-order valence-corrected chi connectivity index (χ3v) is 4.06. The lowest BCUT2D eigenvalue weighted by Crippen LogP contribution is -2.32. The maximum Gasteiger partial charge on any atom is 0.251 e. The van der Waals surface area contributed by atoms with Gasteiger partial charge < -0.3 is 5.32 Å². The number of nitrogens with one attached hydrogen (secondary N) is 1. The van der Waals surface area contributed by atoms with E-state index in [2.05, 4.69) is 21.2 Å². The number of carbonyl (C=O) groups is 2. The van der Waals surface area contributed by atoms with E-state index in [0.717, 1.165) is 22.0 Å². The second-order valence-corrected chi connectivity index (χ2v) is 6.14. The van der Waals surface area contributed by atoms with Crippen molar-refractivity contribution < 1.29 is 9.59 Å². The average molecular weight is 344 g/mol. The van der Waals surface area contributed by atoms with Crippen molar-refractivity contribution in [1.82, 2.24) is 5.32 Å². The SMILES string of the molecule is Cc1cc(Br)cc(C(=O)c2ccc3c(c2)C(=O)NCC3)c1. The molecular formula is C17H14BrNO2. The van der Waals surface area contributed by atoms with Gasteiger partial charge in [0.15, 0.2) is 5.78 Å². The fraction of sp³-hybridized carbons (Fsp3) is 0.176. The van der Waals surface area contributed by atoms with Gasteiger partial charge in [0.1, 0.15) is 0 Å². The first-order chi connectivity index (χ1) is 10.0. The predicted molar refractivity (Wildman–Crippen MR) is 84.8 cm³/mol. The van der Waals surface area contributed by atoms with E-state index in [1.165, 1.54) is 0 Å². The minimum Gasteiger partial charge on any atom is -0.352 e. The fourth-order valence-corrected chi connectivity index (χ4v) is 3.19. The molecule has 1 N–H and O–H groups in total. The van der Waals surface area contributed by atoms with E-state index in [1.807, 2.05) is 25.1 Å². The van der Waals surface area contributed by atoms with Crippen LogP contribution in [0.2, 0.25) is 0 Å². The number of carbonyl (C=O) groups excluding carboxylic acids is 2. The molecule has 0 saturated heterocycles. The van der Waals surface area contributed by atoms with Gasteiger partial charge >= 0.3 is 0 Å². The second kappa shape index (κ2) is 5.45. The monoisotopic (exact) mass is 343 g/mol. The molecule has 0 radical (unpaired) electrons. The zero-order chi connectivity index (χ0) is 15.0. The molecule has 0 bridgehead atoms. The van der Waals surface area contributed by atoms with Crippen molar-refractivity contribution in [1.29, 1.82) is 0 Å². The Morgan fingerprint density at radius 2 is 1.95 bits per heavy atom. The Kier molecular flexibility index (Phi) is 3.64. The number of ketones is 1. The molecule has 2 aromatic carbocycles. The molecule has 1 aliphatic rings. The lowest BCUT2D eigenvalue weighted by atomic mass is 9.94. The molecule has 2 aromatic rings. The van der Waals surface area contributed by atoms with Gasteiger partial charge in [-0.15, -0.1) is 0 Å². The van der Waals surface area contributed by atoms with Gasteiger partial charge in [-0.2, -0.15) is 0 Å². The molecule has 0 saturated carbocycles. The van der Waals surface area contributed by atoms with Crippen LogP contribution in [0, 0.1) is 6.92 Å². The van der Waals surface area contributed by atoms with E-state index in [9.17, 15) is 9.59 Å². The normalized spacial score (nSPS) is 13.5. The Bertz CT molecular complexity index is 732. The molecule has 1 aliphatic heterocycles. The number of halogens is 1. The molecule has 4 heteroatoms. The lowest BCUT2D eigenvalue weighted by Gasteiger charge is -2.17. The number of fused-ring (bicyclic) bond motifs is 1. The predicted octanol–water partition coefficient (Wildman–Crippen LogP) is 3.27. The Balaban J connectivity index is 2.02. The molecule has 0 atom stereocenters. The van der Waals surface area contributed by atoms with Crippen LogP contribution in [0.5, 0.6) is 0 Å². The fourth-order valence-electron chi connectivity index (χ4n) is 2.59.